The van der Waals surface area contributed by atoms with Gasteiger partial charge in [0, 0.05) is 37.1 Å². The van der Waals surface area contributed by atoms with Crippen LogP contribution in [0.4, 0.5) is 9.18 Å². The Morgan fingerprint density at radius 2 is 2.17 bits per heavy atom. The second-order valence-corrected chi connectivity index (χ2v) is 9.03. The number of carbonyl (C=O) groups excluding carboxylic acids is 1. The molecule has 2 atom stereocenters. The van der Waals surface area contributed by atoms with Crippen molar-refractivity contribution < 1.29 is 9.18 Å². The molecule has 2 heterocycles. The zero-order valence-corrected chi connectivity index (χ0v) is 17.0. The number of nitriles is 1. The lowest BCUT2D eigenvalue weighted by Crippen LogP contribution is -2.50. The first kappa shape index (κ1) is 19.6. The Hall–Kier alpha value is -2.68. The highest BCUT2D eigenvalue weighted by molar-refractivity contribution is 5.87. The summed E-state index contributed by atoms with van der Waals surface area (Å²) in [5.41, 5.74) is 1.37. The molecule has 2 aliphatic rings. The lowest BCUT2D eigenvalue weighted by molar-refractivity contribution is 0.0260. The second-order valence-electron chi connectivity index (χ2n) is 9.03. The predicted molar refractivity (Wildman–Crippen MR) is 110 cm³/mol. The molecule has 1 aliphatic carbocycles. The summed E-state index contributed by atoms with van der Waals surface area (Å²) in [5.74, 6) is 0.807. The van der Waals surface area contributed by atoms with Crippen molar-refractivity contribution in [2.45, 2.75) is 44.7 Å². The molecule has 4 rings (SSSR count). The lowest BCUT2D eigenvalue weighted by Gasteiger charge is -2.40. The normalized spacial score (nSPS) is 29.2. The Balaban J connectivity index is 1.49. The van der Waals surface area contributed by atoms with E-state index in [-0.39, 0.29) is 17.9 Å². The van der Waals surface area contributed by atoms with E-state index in [2.05, 4.69) is 23.3 Å². The van der Waals surface area contributed by atoms with Gasteiger partial charge >= 0.3 is 6.03 Å². The third kappa shape index (κ3) is 4.05. The van der Waals surface area contributed by atoms with E-state index in [4.69, 9.17) is 0 Å². The molecule has 1 saturated carbocycles. The van der Waals surface area contributed by atoms with Gasteiger partial charge in [0.1, 0.15) is 11.7 Å². The van der Waals surface area contributed by atoms with Crippen molar-refractivity contribution in [3.63, 3.8) is 0 Å². The first-order chi connectivity index (χ1) is 13.9. The number of urea groups is 1. The zero-order chi connectivity index (χ0) is 20.6. The number of nitrogens with one attached hydrogen (secondary N) is 1. The summed E-state index contributed by atoms with van der Waals surface area (Å²) in [4.78, 5) is 19.0. The number of pyridine rings is 1. The van der Waals surface area contributed by atoms with Crippen LogP contribution in [0.2, 0.25) is 0 Å². The van der Waals surface area contributed by atoms with Crippen molar-refractivity contribution in [2.75, 3.05) is 19.6 Å². The molecule has 0 spiro atoms. The number of fused-ring (bicyclic) bond motifs is 1. The number of aromatic nitrogens is 1. The maximum atomic E-state index is 13.7. The van der Waals surface area contributed by atoms with Gasteiger partial charge < -0.3 is 10.2 Å². The number of benzene rings is 1. The van der Waals surface area contributed by atoms with Gasteiger partial charge in [0.05, 0.1) is 11.1 Å². The van der Waals surface area contributed by atoms with Gasteiger partial charge in [-0.2, -0.15) is 5.26 Å². The highest BCUT2D eigenvalue weighted by atomic mass is 19.1. The molecule has 2 amide bonds. The van der Waals surface area contributed by atoms with Crippen molar-refractivity contribution in [3.05, 3.63) is 41.6 Å². The fourth-order valence-corrected chi connectivity index (χ4v) is 5.02. The maximum Gasteiger partial charge on any atom is 0.317 e. The van der Waals surface area contributed by atoms with Crippen molar-refractivity contribution in [3.8, 4) is 6.07 Å². The van der Waals surface area contributed by atoms with Crippen molar-refractivity contribution in [2.24, 2.45) is 11.8 Å². The summed E-state index contributed by atoms with van der Waals surface area (Å²) in [5, 5.41) is 13.4. The summed E-state index contributed by atoms with van der Waals surface area (Å²) in [6, 6.07) is 9.89. The molecule has 1 aliphatic heterocycles. The van der Waals surface area contributed by atoms with Gasteiger partial charge in [-0.15, -0.1) is 0 Å². The van der Waals surface area contributed by atoms with Crippen LogP contribution >= 0.6 is 0 Å². The number of hydrogen-bond acceptors (Lipinski definition) is 3. The van der Waals surface area contributed by atoms with Gasteiger partial charge in [0.15, 0.2) is 0 Å². The topological polar surface area (TPSA) is 69.0 Å². The molecule has 152 valence electrons. The molecule has 6 heteroatoms. The van der Waals surface area contributed by atoms with E-state index in [9.17, 15) is 14.4 Å². The summed E-state index contributed by atoms with van der Waals surface area (Å²) in [7, 11) is 0. The molecule has 1 saturated heterocycles. The molecule has 1 aromatic carbocycles. The van der Waals surface area contributed by atoms with E-state index in [1.807, 2.05) is 29.2 Å². The molecule has 2 fully saturated rings. The van der Waals surface area contributed by atoms with E-state index in [1.165, 1.54) is 0 Å². The van der Waals surface area contributed by atoms with Crippen LogP contribution < -0.4 is 5.32 Å². The van der Waals surface area contributed by atoms with E-state index in [0.717, 1.165) is 29.4 Å². The minimum Gasteiger partial charge on any atom is -0.338 e. The van der Waals surface area contributed by atoms with E-state index >= 15 is 0 Å². The standard InChI is InChI=1S/C23H27FN4O/c1-15-8-18(19-6-5-17(11-25)21-20(19)4-3-7-26-21)14-28(13-15)22(29)27-12-16-9-23(2,24)10-16/h3-7,15-16,18H,8-10,12-14H2,1-2H3,(H,27,29). The largest absolute Gasteiger partial charge is 0.338 e. The van der Waals surface area contributed by atoms with Crippen molar-refractivity contribution in [1.29, 1.82) is 5.26 Å². The number of rotatable bonds is 3. The monoisotopic (exact) mass is 394 g/mol. The molecule has 2 aromatic rings. The summed E-state index contributed by atoms with van der Waals surface area (Å²) in [6.45, 7) is 5.69. The number of likely N-dealkylation sites (tertiary alicyclic amines) is 1. The lowest BCUT2D eigenvalue weighted by atomic mass is 9.73. The molecule has 29 heavy (non-hydrogen) atoms. The molecule has 1 N–H and O–H groups in total. The molecule has 0 radical (unpaired) electrons. The predicted octanol–water partition coefficient (Wildman–Crippen LogP) is 4.38. The van der Waals surface area contributed by atoms with E-state index in [1.54, 1.807) is 13.1 Å². The average Bonchev–Trinajstić information content (AvgIpc) is 2.69. The first-order valence-electron chi connectivity index (χ1n) is 10.4. The molecule has 2 unspecified atom stereocenters. The SMILES string of the molecule is CC1CC(c2ccc(C#N)c3ncccc23)CN(C(=O)NCC2CC(C)(F)C2)C1. The molecule has 1 aromatic heterocycles. The van der Waals surface area contributed by atoms with E-state index < -0.39 is 5.67 Å². The van der Waals surface area contributed by atoms with Crippen molar-refractivity contribution >= 4 is 16.9 Å². The highest BCUT2D eigenvalue weighted by Crippen LogP contribution is 2.40. The highest BCUT2D eigenvalue weighted by Gasteiger charge is 2.40. The van der Waals surface area contributed by atoms with Crippen LogP contribution in [0.15, 0.2) is 30.5 Å². The summed E-state index contributed by atoms with van der Waals surface area (Å²) >= 11 is 0. The van der Waals surface area contributed by atoms with Crippen LogP contribution in [0.5, 0.6) is 0 Å². The first-order valence-corrected chi connectivity index (χ1v) is 10.4. The molecular weight excluding hydrogens is 367 g/mol. The number of carbonyl (C=O) groups is 1. The fraction of sp³-hybridized carbons (Fsp3) is 0.522. The number of alkyl halides is 1. The Labute approximate surface area is 170 Å². The van der Waals surface area contributed by atoms with Crippen LogP contribution in [-0.2, 0) is 0 Å². The minimum atomic E-state index is -1.06. The summed E-state index contributed by atoms with van der Waals surface area (Å²) < 4.78 is 13.7. The average molecular weight is 394 g/mol. The van der Waals surface area contributed by atoms with Gasteiger partial charge in [0.25, 0.3) is 0 Å². The van der Waals surface area contributed by atoms with Crippen LogP contribution in [0, 0.1) is 23.2 Å². The van der Waals surface area contributed by atoms with Gasteiger partial charge in [0.2, 0.25) is 0 Å². The summed E-state index contributed by atoms with van der Waals surface area (Å²) in [6.07, 6.45) is 3.74. The Kier molecular flexibility index (Phi) is 5.16. The molecule has 5 nitrogen and oxygen atoms in total. The molecular formula is C23H27FN4O. The van der Waals surface area contributed by atoms with Gasteiger partial charge in [-0.25, -0.2) is 9.18 Å². The number of hydrogen-bond donors (Lipinski definition) is 1. The number of piperidine rings is 1. The Morgan fingerprint density at radius 1 is 1.38 bits per heavy atom. The number of nitrogens with zero attached hydrogens (tertiary/aromatic N) is 3. The van der Waals surface area contributed by atoms with E-state index in [0.29, 0.717) is 37.4 Å². The minimum absolute atomic E-state index is 0.0647. The zero-order valence-electron chi connectivity index (χ0n) is 17.0. The Bertz CT molecular complexity index is 959. The fourth-order valence-electron chi connectivity index (χ4n) is 5.02. The quantitative estimate of drug-likeness (QED) is 0.840. The van der Waals surface area contributed by atoms with Crippen molar-refractivity contribution in [1.82, 2.24) is 15.2 Å². The maximum absolute atomic E-state index is 13.7. The van der Waals surface area contributed by atoms with Crippen LogP contribution in [0.3, 0.4) is 0 Å². The Morgan fingerprint density at radius 3 is 2.90 bits per heavy atom. The third-order valence-corrected chi connectivity index (χ3v) is 6.28. The van der Waals surface area contributed by atoms with Crippen LogP contribution in [0.1, 0.15) is 50.2 Å². The third-order valence-electron chi connectivity index (χ3n) is 6.28. The van der Waals surface area contributed by atoms with Crippen LogP contribution in [-0.4, -0.2) is 41.2 Å². The van der Waals surface area contributed by atoms with Crippen LogP contribution in [0.25, 0.3) is 10.9 Å². The van der Waals surface area contributed by atoms with Gasteiger partial charge in [-0.1, -0.05) is 19.1 Å². The number of amides is 2. The van der Waals surface area contributed by atoms with Gasteiger partial charge in [-0.3, -0.25) is 4.98 Å². The van der Waals surface area contributed by atoms with Gasteiger partial charge in [-0.05, 0) is 55.7 Å². The number of halogens is 1. The molecule has 0 bridgehead atoms. The second kappa shape index (κ2) is 7.62. The smallest absolute Gasteiger partial charge is 0.317 e.